The number of rotatable bonds is 4. The molecule has 1 N–H and O–H groups in total. The van der Waals surface area contributed by atoms with E-state index in [9.17, 15) is 9.59 Å². The Morgan fingerprint density at radius 2 is 2.00 bits per heavy atom. The van der Waals surface area contributed by atoms with Crippen molar-refractivity contribution >= 4 is 16.9 Å². The number of amides is 1. The van der Waals surface area contributed by atoms with Crippen molar-refractivity contribution in [3.8, 4) is 5.75 Å². The van der Waals surface area contributed by atoms with Crippen molar-refractivity contribution in [1.82, 2.24) is 5.32 Å². The molecule has 0 unspecified atom stereocenters. The lowest BCUT2D eigenvalue weighted by atomic mass is 10.1. The second-order valence-corrected chi connectivity index (χ2v) is 5.51. The molecule has 0 spiro atoms. The Hall–Kier alpha value is -3.08. The molecule has 1 amide bonds. The normalized spacial score (nSPS) is 10.6. The van der Waals surface area contributed by atoms with Gasteiger partial charge >= 0.3 is 0 Å². The maximum absolute atomic E-state index is 12.3. The van der Waals surface area contributed by atoms with Gasteiger partial charge in [-0.3, -0.25) is 9.59 Å². The van der Waals surface area contributed by atoms with Gasteiger partial charge in [-0.15, -0.1) is 0 Å². The fourth-order valence-electron chi connectivity index (χ4n) is 2.47. The van der Waals surface area contributed by atoms with Gasteiger partial charge in [0.15, 0.2) is 11.2 Å². The number of fused-ring (bicyclic) bond motifs is 1. The van der Waals surface area contributed by atoms with Gasteiger partial charge in [-0.1, -0.05) is 29.8 Å². The summed E-state index contributed by atoms with van der Waals surface area (Å²) < 4.78 is 10.7. The monoisotopic (exact) mass is 323 g/mol. The summed E-state index contributed by atoms with van der Waals surface area (Å²) in [6.07, 6.45) is 0. The average molecular weight is 323 g/mol. The Labute approximate surface area is 138 Å². The zero-order valence-electron chi connectivity index (χ0n) is 13.5. The maximum Gasteiger partial charge on any atom is 0.287 e. The molecule has 0 fully saturated rings. The summed E-state index contributed by atoms with van der Waals surface area (Å²) in [7, 11) is 1.53. The molecule has 2 aromatic carbocycles. The lowest BCUT2D eigenvalue weighted by Gasteiger charge is -2.07. The molecule has 1 heterocycles. The molecule has 5 heteroatoms. The van der Waals surface area contributed by atoms with Crippen molar-refractivity contribution in [1.29, 1.82) is 0 Å². The van der Waals surface area contributed by atoms with Gasteiger partial charge in [0.05, 0.1) is 12.5 Å². The number of carbonyl (C=O) groups is 1. The predicted octanol–water partition coefficient (Wildman–Crippen LogP) is 3.04. The van der Waals surface area contributed by atoms with Crippen molar-refractivity contribution in [2.24, 2.45) is 0 Å². The van der Waals surface area contributed by atoms with Crippen LogP contribution in [0.3, 0.4) is 0 Å². The van der Waals surface area contributed by atoms with E-state index in [0.717, 1.165) is 11.1 Å². The maximum atomic E-state index is 12.3. The first-order valence-electron chi connectivity index (χ1n) is 7.52. The average Bonchev–Trinajstić information content (AvgIpc) is 2.59. The summed E-state index contributed by atoms with van der Waals surface area (Å²) in [6, 6.07) is 13.9. The molecule has 0 saturated carbocycles. The number of nitrogens with one attached hydrogen (secondary N) is 1. The third-order valence-electron chi connectivity index (χ3n) is 3.70. The van der Waals surface area contributed by atoms with E-state index < -0.39 is 5.91 Å². The predicted molar refractivity (Wildman–Crippen MR) is 91.4 cm³/mol. The number of carbonyl (C=O) groups excluding carboxylic acids is 1. The second-order valence-electron chi connectivity index (χ2n) is 5.51. The Balaban J connectivity index is 1.85. The van der Waals surface area contributed by atoms with Crippen LogP contribution < -0.4 is 15.5 Å². The summed E-state index contributed by atoms with van der Waals surface area (Å²) in [4.78, 5) is 24.4. The fraction of sp³-hybridized carbons (Fsp3) is 0.158. The highest BCUT2D eigenvalue weighted by Gasteiger charge is 2.12. The number of hydrogen-bond donors (Lipinski definition) is 1. The molecular formula is C19H17NO4. The first-order chi connectivity index (χ1) is 11.6. The van der Waals surface area contributed by atoms with Gasteiger partial charge in [-0.25, -0.2) is 0 Å². The van der Waals surface area contributed by atoms with E-state index >= 15 is 0 Å². The van der Waals surface area contributed by atoms with E-state index in [1.54, 1.807) is 18.2 Å². The summed E-state index contributed by atoms with van der Waals surface area (Å²) in [5.74, 6) is 0.106. The molecular weight excluding hydrogens is 306 g/mol. The third-order valence-corrected chi connectivity index (χ3v) is 3.70. The van der Waals surface area contributed by atoms with Crippen LogP contribution in [-0.2, 0) is 6.54 Å². The van der Waals surface area contributed by atoms with E-state index in [0.29, 0.717) is 23.3 Å². The number of hydrogen-bond acceptors (Lipinski definition) is 4. The van der Waals surface area contributed by atoms with Crippen LogP contribution in [0.1, 0.15) is 21.7 Å². The molecule has 5 nitrogen and oxygen atoms in total. The summed E-state index contributed by atoms with van der Waals surface area (Å²) in [5.41, 5.74) is 2.15. The Kier molecular flexibility index (Phi) is 4.33. The minimum Gasteiger partial charge on any atom is -0.497 e. The van der Waals surface area contributed by atoms with Crippen molar-refractivity contribution in [3.05, 3.63) is 75.6 Å². The van der Waals surface area contributed by atoms with Gasteiger partial charge in [0, 0.05) is 18.7 Å². The highest BCUT2D eigenvalue weighted by molar-refractivity contribution is 5.93. The first kappa shape index (κ1) is 15.8. The third kappa shape index (κ3) is 3.30. The summed E-state index contributed by atoms with van der Waals surface area (Å²) in [5, 5.41) is 3.17. The van der Waals surface area contributed by atoms with E-state index in [-0.39, 0.29) is 11.2 Å². The van der Waals surface area contributed by atoms with Crippen LogP contribution >= 0.6 is 0 Å². The Bertz CT molecular complexity index is 959. The minimum atomic E-state index is -0.432. The van der Waals surface area contributed by atoms with Gasteiger partial charge in [0.25, 0.3) is 5.91 Å². The Morgan fingerprint density at radius 3 is 2.75 bits per heavy atom. The molecule has 1 aromatic heterocycles. The first-order valence-corrected chi connectivity index (χ1v) is 7.52. The minimum absolute atomic E-state index is 0.0200. The lowest BCUT2D eigenvalue weighted by molar-refractivity contribution is 0.0923. The van der Waals surface area contributed by atoms with Gasteiger partial charge in [0.2, 0.25) is 0 Å². The molecule has 0 aliphatic heterocycles. The molecule has 122 valence electrons. The molecule has 0 aliphatic carbocycles. The molecule has 3 rings (SSSR count). The summed E-state index contributed by atoms with van der Waals surface area (Å²) in [6.45, 7) is 2.35. The van der Waals surface area contributed by atoms with Crippen molar-refractivity contribution in [2.75, 3.05) is 7.11 Å². The van der Waals surface area contributed by atoms with Gasteiger partial charge in [-0.2, -0.15) is 0 Å². The van der Waals surface area contributed by atoms with Crippen LogP contribution in [-0.4, -0.2) is 13.0 Å². The summed E-state index contributed by atoms with van der Waals surface area (Å²) >= 11 is 0. The van der Waals surface area contributed by atoms with Crippen LogP contribution in [0.25, 0.3) is 11.0 Å². The zero-order chi connectivity index (χ0) is 17.1. The van der Waals surface area contributed by atoms with E-state index in [4.69, 9.17) is 9.15 Å². The molecule has 24 heavy (non-hydrogen) atoms. The van der Waals surface area contributed by atoms with Crippen molar-refractivity contribution < 1.29 is 13.9 Å². The standard InChI is InChI=1S/C19H17NO4/c1-12-4-3-5-13(8-12)11-20-19(22)18-10-16(21)15-7-6-14(23-2)9-17(15)24-18/h3-10H,11H2,1-2H3,(H,20,22). The number of methoxy groups -OCH3 is 1. The van der Waals surface area contributed by atoms with Crippen molar-refractivity contribution in [2.45, 2.75) is 13.5 Å². The molecule has 0 saturated heterocycles. The highest BCUT2D eigenvalue weighted by atomic mass is 16.5. The van der Waals surface area contributed by atoms with E-state index in [1.807, 2.05) is 31.2 Å². The van der Waals surface area contributed by atoms with Crippen LogP contribution in [0.2, 0.25) is 0 Å². The number of ether oxygens (including phenoxy) is 1. The molecule has 0 radical (unpaired) electrons. The van der Waals surface area contributed by atoms with Gasteiger partial charge < -0.3 is 14.5 Å². The molecule has 3 aromatic rings. The number of aryl methyl sites for hydroxylation is 1. The number of benzene rings is 2. The largest absolute Gasteiger partial charge is 0.497 e. The Morgan fingerprint density at radius 1 is 1.17 bits per heavy atom. The SMILES string of the molecule is COc1ccc2c(=O)cc(C(=O)NCc3cccc(C)c3)oc2c1. The topological polar surface area (TPSA) is 68.5 Å². The van der Waals surface area contributed by atoms with E-state index in [2.05, 4.69) is 5.32 Å². The van der Waals surface area contributed by atoms with Gasteiger partial charge in [0.1, 0.15) is 11.3 Å². The van der Waals surface area contributed by atoms with E-state index in [1.165, 1.54) is 13.2 Å². The fourth-order valence-corrected chi connectivity index (χ4v) is 2.47. The van der Waals surface area contributed by atoms with Gasteiger partial charge in [-0.05, 0) is 24.6 Å². The smallest absolute Gasteiger partial charge is 0.287 e. The van der Waals surface area contributed by atoms with Crippen LogP contribution in [0.4, 0.5) is 0 Å². The van der Waals surface area contributed by atoms with Crippen LogP contribution in [0.15, 0.2) is 57.7 Å². The zero-order valence-corrected chi connectivity index (χ0v) is 13.5. The van der Waals surface area contributed by atoms with Crippen molar-refractivity contribution in [3.63, 3.8) is 0 Å². The highest BCUT2D eigenvalue weighted by Crippen LogP contribution is 2.19. The molecule has 0 atom stereocenters. The molecule has 0 bridgehead atoms. The second kappa shape index (κ2) is 6.58. The quantitative estimate of drug-likeness (QED) is 0.801. The van der Waals surface area contributed by atoms with Crippen LogP contribution in [0.5, 0.6) is 5.75 Å². The lowest BCUT2D eigenvalue weighted by Crippen LogP contribution is -2.24. The molecule has 0 aliphatic rings. The van der Waals surface area contributed by atoms with Crippen LogP contribution in [0, 0.1) is 6.92 Å².